The molecule has 0 saturated carbocycles. The van der Waals surface area contributed by atoms with E-state index in [0.717, 1.165) is 5.56 Å². The third kappa shape index (κ3) is 5.13. The van der Waals surface area contributed by atoms with E-state index >= 15 is 0 Å². The lowest BCUT2D eigenvalue weighted by molar-refractivity contribution is -0.138. The van der Waals surface area contributed by atoms with Crippen LogP contribution in [-0.4, -0.2) is 69.2 Å². The van der Waals surface area contributed by atoms with E-state index in [9.17, 15) is 9.59 Å². The molecule has 3 rings (SSSR count). The van der Waals surface area contributed by atoms with Crippen LogP contribution in [-0.2, 0) is 25.6 Å². The lowest BCUT2D eigenvalue weighted by atomic mass is 10.0. The Balaban J connectivity index is 2.03. The zero-order chi connectivity index (χ0) is 22.2. The molecular weight excluding hydrogens is 396 g/mol. The van der Waals surface area contributed by atoms with Gasteiger partial charge in [-0.1, -0.05) is 42.5 Å². The maximum absolute atomic E-state index is 13.5. The molecule has 0 bridgehead atoms. The number of carbonyl (C=O) groups excluding carboxylic acids is 2. The molecule has 7 nitrogen and oxygen atoms in total. The molecule has 7 heteroatoms. The minimum absolute atomic E-state index is 0.212. The molecule has 31 heavy (non-hydrogen) atoms. The first-order chi connectivity index (χ1) is 15.1. The van der Waals surface area contributed by atoms with Gasteiger partial charge in [0.2, 0.25) is 0 Å². The van der Waals surface area contributed by atoms with Crippen LogP contribution in [0.5, 0.6) is 5.75 Å². The van der Waals surface area contributed by atoms with E-state index in [1.165, 1.54) is 4.90 Å². The van der Waals surface area contributed by atoms with Crippen LogP contribution in [0.15, 0.2) is 60.3 Å². The molecule has 2 aromatic carbocycles. The number of methoxy groups -OCH3 is 3. The largest absolute Gasteiger partial charge is 0.497 e. The Morgan fingerprint density at radius 1 is 0.806 bits per heavy atom. The first kappa shape index (κ1) is 22.5. The van der Waals surface area contributed by atoms with Gasteiger partial charge in [0.25, 0.3) is 11.8 Å². The third-order valence-electron chi connectivity index (χ3n) is 5.15. The molecule has 2 amide bonds. The predicted molar refractivity (Wildman–Crippen MR) is 117 cm³/mol. The van der Waals surface area contributed by atoms with Crippen LogP contribution in [0.25, 0.3) is 5.57 Å². The van der Waals surface area contributed by atoms with E-state index in [4.69, 9.17) is 14.2 Å². The van der Waals surface area contributed by atoms with Gasteiger partial charge in [-0.25, -0.2) is 0 Å². The maximum atomic E-state index is 13.5. The molecule has 0 radical (unpaired) electrons. The molecule has 1 aliphatic heterocycles. The molecule has 2 aromatic rings. The van der Waals surface area contributed by atoms with Gasteiger partial charge in [-0.2, -0.15) is 0 Å². The highest BCUT2D eigenvalue weighted by atomic mass is 16.5. The number of hydrogen-bond acceptors (Lipinski definition) is 6. The van der Waals surface area contributed by atoms with Crippen LogP contribution >= 0.6 is 0 Å². The number of imide groups is 1. The highest BCUT2D eigenvalue weighted by Crippen LogP contribution is 2.33. The minimum atomic E-state index is -0.313. The zero-order valence-corrected chi connectivity index (χ0v) is 18.2. The monoisotopic (exact) mass is 424 g/mol. The van der Waals surface area contributed by atoms with Crippen molar-refractivity contribution in [3.05, 3.63) is 71.4 Å². The molecule has 0 unspecified atom stereocenters. The summed E-state index contributed by atoms with van der Waals surface area (Å²) in [7, 11) is 4.80. The van der Waals surface area contributed by atoms with Gasteiger partial charge in [0, 0.05) is 27.3 Å². The summed E-state index contributed by atoms with van der Waals surface area (Å²) in [5, 5.41) is 0. The van der Waals surface area contributed by atoms with Crippen molar-refractivity contribution in [3.8, 4) is 5.75 Å². The molecule has 164 valence electrons. The molecule has 0 aliphatic carbocycles. The molecule has 0 aromatic heterocycles. The Morgan fingerprint density at radius 3 is 1.97 bits per heavy atom. The number of amides is 2. The van der Waals surface area contributed by atoms with Crippen molar-refractivity contribution >= 4 is 17.4 Å². The van der Waals surface area contributed by atoms with Crippen LogP contribution in [0.1, 0.15) is 11.1 Å². The maximum Gasteiger partial charge on any atom is 0.278 e. The normalized spacial score (nSPS) is 13.8. The number of benzene rings is 2. The van der Waals surface area contributed by atoms with Crippen LogP contribution in [0.3, 0.4) is 0 Å². The third-order valence-corrected chi connectivity index (χ3v) is 5.15. The predicted octanol–water partition coefficient (Wildman–Crippen LogP) is 2.57. The summed E-state index contributed by atoms with van der Waals surface area (Å²) >= 11 is 0. The Hall–Kier alpha value is -3.16. The smallest absolute Gasteiger partial charge is 0.278 e. The fourth-order valence-electron chi connectivity index (χ4n) is 3.52. The topological polar surface area (TPSA) is 68.3 Å². The summed E-state index contributed by atoms with van der Waals surface area (Å²) in [6, 6.07) is 16.7. The van der Waals surface area contributed by atoms with Gasteiger partial charge in [0.1, 0.15) is 11.4 Å². The van der Waals surface area contributed by atoms with Gasteiger partial charge >= 0.3 is 0 Å². The summed E-state index contributed by atoms with van der Waals surface area (Å²) in [5.74, 6) is 0.0557. The molecule has 0 atom stereocenters. The summed E-state index contributed by atoms with van der Waals surface area (Å²) in [6.45, 7) is 1.98. The van der Waals surface area contributed by atoms with E-state index in [1.807, 2.05) is 35.2 Å². The second-order valence-corrected chi connectivity index (χ2v) is 7.11. The quantitative estimate of drug-likeness (QED) is 0.517. The van der Waals surface area contributed by atoms with E-state index in [2.05, 4.69) is 0 Å². The summed E-state index contributed by atoms with van der Waals surface area (Å²) in [4.78, 5) is 30.1. The zero-order valence-electron chi connectivity index (χ0n) is 18.2. The average molecular weight is 424 g/mol. The lowest BCUT2D eigenvalue weighted by Gasteiger charge is -2.25. The Morgan fingerprint density at radius 2 is 1.42 bits per heavy atom. The molecule has 1 heterocycles. The van der Waals surface area contributed by atoms with E-state index in [0.29, 0.717) is 48.9 Å². The van der Waals surface area contributed by atoms with Crippen LogP contribution in [0, 0.1) is 0 Å². The van der Waals surface area contributed by atoms with Crippen molar-refractivity contribution in [2.24, 2.45) is 0 Å². The van der Waals surface area contributed by atoms with Crippen LogP contribution in [0.4, 0.5) is 0 Å². The van der Waals surface area contributed by atoms with Gasteiger partial charge in [-0.05, 0) is 23.3 Å². The molecule has 0 fully saturated rings. The van der Waals surface area contributed by atoms with E-state index in [-0.39, 0.29) is 18.4 Å². The van der Waals surface area contributed by atoms with Crippen LogP contribution in [0.2, 0.25) is 0 Å². The number of nitrogens with zero attached hydrogens (tertiary/aromatic N) is 2. The first-order valence-corrected chi connectivity index (χ1v) is 10.1. The molecular formula is C24H28N2O5. The SMILES string of the molecule is COCCN(CCOC)C1=C(c2ccc(OC)cc2)C(=O)N(Cc2ccccc2)C1=O. The summed E-state index contributed by atoms with van der Waals surface area (Å²) in [5.41, 5.74) is 2.32. The highest BCUT2D eigenvalue weighted by molar-refractivity contribution is 6.35. The van der Waals surface area contributed by atoms with Gasteiger partial charge in [-0.3, -0.25) is 14.5 Å². The van der Waals surface area contributed by atoms with Crippen molar-refractivity contribution in [2.75, 3.05) is 47.6 Å². The lowest BCUT2D eigenvalue weighted by Crippen LogP contribution is -2.37. The second-order valence-electron chi connectivity index (χ2n) is 7.11. The standard InChI is InChI=1S/C24H28N2O5/c1-29-15-13-25(14-16-30-2)22-21(19-9-11-20(31-3)12-10-19)23(27)26(24(22)28)17-18-7-5-4-6-8-18/h4-12H,13-17H2,1-3H3. The number of rotatable bonds is 11. The van der Waals surface area contributed by atoms with Crippen LogP contribution < -0.4 is 4.74 Å². The second kappa shape index (κ2) is 10.7. The van der Waals surface area contributed by atoms with Crippen molar-refractivity contribution in [2.45, 2.75) is 6.54 Å². The summed E-state index contributed by atoms with van der Waals surface area (Å²) < 4.78 is 15.7. The van der Waals surface area contributed by atoms with Crippen molar-refractivity contribution in [1.29, 1.82) is 0 Å². The van der Waals surface area contributed by atoms with Gasteiger partial charge in [0.05, 0.1) is 32.4 Å². The molecule has 0 spiro atoms. The van der Waals surface area contributed by atoms with Gasteiger partial charge in [-0.15, -0.1) is 0 Å². The van der Waals surface area contributed by atoms with Gasteiger partial charge in [0.15, 0.2) is 0 Å². The Kier molecular flexibility index (Phi) is 7.81. The fraction of sp³-hybridized carbons (Fsp3) is 0.333. The fourth-order valence-corrected chi connectivity index (χ4v) is 3.52. The summed E-state index contributed by atoms with van der Waals surface area (Å²) in [6.07, 6.45) is 0. The van der Waals surface area contributed by atoms with Gasteiger partial charge < -0.3 is 19.1 Å². The van der Waals surface area contributed by atoms with E-state index < -0.39 is 0 Å². The average Bonchev–Trinajstić information content (AvgIpc) is 3.05. The van der Waals surface area contributed by atoms with Crippen molar-refractivity contribution < 1.29 is 23.8 Å². The number of carbonyl (C=O) groups is 2. The Bertz CT molecular complexity index is 917. The first-order valence-electron chi connectivity index (χ1n) is 10.1. The van der Waals surface area contributed by atoms with Crippen molar-refractivity contribution in [1.82, 2.24) is 9.80 Å². The molecule has 0 saturated heterocycles. The number of ether oxygens (including phenoxy) is 3. The molecule has 0 N–H and O–H groups in total. The molecule has 1 aliphatic rings. The van der Waals surface area contributed by atoms with Crippen molar-refractivity contribution in [3.63, 3.8) is 0 Å². The highest BCUT2D eigenvalue weighted by Gasteiger charge is 2.41. The number of hydrogen-bond donors (Lipinski definition) is 0. The Labute approximate surface area is 182 Å². The minimum Gasteiger partial charge on any atom is -0.497 e. The van der Waals surface area contributed by atoms with E-state index in [1.54, 1.807) is 45.6 Å².